The van der Waals surface area contributed by atoms with Gasteiger partial charge < -0.3 is 10.1 Å². The fourth-order valence-electron chi connectivity index (χ4n) is 2.06. The molecular weight excluding hydrogens is 293 g/mol. The van der Waals surface area contributed by atoms with Gasteiger partial charge in [0.2, 0.25) is 0 Å². The van der Waals surface area contributed by atoms with Crippen molar-refractivity contribution >= 4 is 39.1 Å². The van der Waals surface area contributed by atoms with Crippen LogP contribution in [0.15, 0.2) is 16.6 Å². The molecule has 1 aliphatic carbocycles. The van der Waals surface area contributed by atoms with Crippen molar-refractivity contribution in [3.63, 3.8) is 0 Å². The van der Waals surface area contributed by atoms with Gasteiger partial charge in [0.1, 0.15) is 5.75 Å². The van der Waals surface area contributed by atoms with Crippen LogP contribution in [0.3, 0.4) is 0 Å². The summed E-state index contributed by atoms with van der Waals surface area (Å²) in [6, 6.07) is 3.48. The van der Waals surface area contributed by atoms with Crippen molar-refractivity contribution in [2.24, 2.45) is 0 Å². The summed E-state index contributed by atoms with van der Waals surface area (Å²) in [6.07, 6.45) is 2.59. The molecule has 1 heterocycles. The fraction of sp³-hybridized carbons (Fsp3) is 0.364. The number of rotatable bonds is 0. The Morgan fingerprint density at radius 3 is 2.81 bits per heavy atom. The molecule has 1 aromatic carbocycles. The minimum absolute atomic E-state index is 0.0470. The van der Waals surface area contributed by atoms with Gasteiger partial charge in [0.05, 0.1) is 5.69 Å². The Balaban J connectivity index is 2.08. The SMILES string of the molecule is O=C1Nc2c(Br)cc(Cl)cc2OC12CCC2. The summed E-state index contributed by atoms with van der Waals surface area (Å²) >= 11 is 9.31. The van der Waals surface area contributed by atoms with Gasteiger partial charge in [-0.05, 0) is 41.3 Å². The van der Waals surface area contributed by atoms with Crippen LogP contribution in [0.2, 0.25) is 5.02 Å². The first kappa shape index (κ1) is 10.4. The van der Waals surface area contributed by atoms with Gasteiger partial charge in [0, 0.05) is 15.6 Å². The molecule has 3 rings (SSSR count). The Morgan fingerprint density at radius 1 is 1.44 bits per heavy atom. The molecule has 0 atom stereocenters. The van der Waals surface area contributed by atoms with Gasteiger partial charge in [-0.2, -0.15) is 0 Å². The van der Waals surface area contributed by atoms with Gasteiger partial charge in [0.15, 0.2) is 5.60 Å². The topological polar surface area (TPSA) is 38.3 Å². The van der Waals surface area contributed by atoms with Gasteiger partial charge in [-0.1, -0.05) is 11.6 Å². The lowest BCUT2D eigenvalue weighted by molar-refractivity contribution is -0.139. The first-order valence-corrected chi connectivity index (χ1v) is 6.27. The quantitative estimate of drug-likeness (QED) is 0.798. The molecule has 0 bridgehead atoms. The van der Waals surface area contributed by atoms with Gasteiger partial charge in [0.25, 0.3) is 5.91 Å². The van der Waals surface area contributed by atoms with Crippen LogP contribution in [0.4, 0.5) is 5.69 Å². The molecule has 5 heteroatoms. The van der Waals surface area contributed by atoms with Gasteiger partial charge >= 0.3 is 0 Å². The van der Waals surface area contributed by atoms with Crippen LogP contribution in [0.1, 0.15) is 19.3 Å². The van der Waals surface area contributed by atoms with Crippen LogP contribution in [-0.4, -0.2) is 11.5 Å². The molecule has 16 heavy (non-hydrogen) atoms. The zero-order chi connectivity index (χ0) is 11.3. The number of carbonyl (C=O) groups excluding carboxylic acids is 1. The number of ether oxygens (including phenoxy) is 1. The Kier molecular flexibility index (Phi) is 2.20. The summed E-state index contributed by atoms with van der Waals surface area (Å²) in [4.78, 5) is 11.9. The summed E-state index contributed by atoms with van der Waals surface area (Å²) in [5.41, 5.74) is 0.0313. The highest BCUT2D eigenvalue weighted by atomic mass is 79.9. The van der Waals surface area contributed by atoms with Gasteiger partial charge in [-0.25, -0.2) is 0 Å². The summed E-state index contributed by atoms with van der Waals surface area (Å²) in [6.45, 7) is 0. The van der Waals surface area contributed by atoms with Crippen molar-refractivity contribution in [3.8, 4) is 5.75 Å². The third kappa shape index (κ3) is 1.36. The van der Waals surface area contributed by atoms with Crippen LogP contribution in [0.25, 0.3) is 0 Å². The molecule has 1 aromatic rings. The standard InChI is InChI=1S/C11H9BrClNO2/c12-7-4-6(13)5-8-9(7)14-10(15)11(16-8)2-1-3-11/h4-5H,1-3H2,(H,14,15). The van der Waals surface area contributed by atoms with E-state index in [0.717, 1.165) is 23.7 Å². The van der Waals surface area contributed by atoms with Crippen LogP contribution < -0.4 is 10.1 Å². The van der Waals surface area contributed by atoms with Crippen molar-refractivity contribution in [2.45, 2.75) is 24.9 Å². The lowest BCUT2D eigenvalue weighted by atomic mass is 9.78. The third-order valence-electron chi connectivity index (χ3n) is 3.14. The Bertz CT molecular complexity index is 485. The van der Waals surface area contributed by atoms with Crippen molar-refractivity contribution in [3.05, 3.63) is 21.6 Å². The molecule has 1 fully saturated rings. The fourth-order valence-corrected chi connectivity index (χ4v) is 2.94. The van der Waals surface area contributed by atoms with E-state index in [1.807, 2.05) is 0 Å². The normalized spacial score (nSPS) is 20.8. The highest BCUT2D eigenvalue weighted by Gasteiger charge is 2.49. The second kappa shape index (κ2) is 3.37. The molecule has 1 aliphatic heterocycles. The van der Waals surface area contributed by atoms with E-state index in [0.29, 0.717) is 16.5 Å². The molecule has 2 aliphatic rings. The van der Waals surface area contributed by atoms with E-state index in [4.69, 9.17) is 16.3 Å². The predicted octanol–water partition coefficient (Wildman–Crippen LogP) is 3.36. The van der Waals surface area contributed by atoms with Crippen LogP contribution in [0, 0.1) is 0 Å². The van der Waals surface area contributed by atoms with Crippen molar-refractivity contribution < 1.29 is 9.53 Å². The lowest BCUT2D eigenvalue weighted by Crippen LogP contribution is -2.55. The van der Waals surface area contributed by atoms with Crippen LogP contribution in [0.5, 0.6) is 5.75 Å². The molecule has 1 N–H and O–H groups in total. The molecular formula is C11H9BrClNO2. The average molecular weight is 303 g/mol. The minimum atomic E-state index is -0.642. The van der Waals surface area contributed by atoms with E-state index in [1.54, 1.807) is 12.1 Å². The van der Waals surface area contributed by atoms with Gasteiger partial charge in [-0.3, -0.25) is 4.79 Å². The minimum Gasteiger partial charge on any atom is -0.475 e. The summed E-state index contributed by atoms with van der Waals surface area (Å²) < 4.78 is 6.55. The number of carbonyl (C=O) groups is 1. The number of hydrogen-bond donors (Lipinski definition) is 1. The Morgan fingerprint density at radius 2 is 2.19 bits per heavy atom. The number of hydrogen-bond acceptors (Lipinski definition) is 2. The summed E-state index contributed by atoms with van der Waals surface area (Å²) in [7, 11) is 0. The van der Waals surface area contributed by atoms with E-state index in [9.17, 15) is 4.79 Å². The van der Waals surface area contributed by atoms with E-state index < -0.39 is 5.60 Å². The maximum atomic E-state index is 11.9. The molecule has 0 radical (unpaired) electrons. The van der Waals surface area contributed by atoms with E-state index in [1.165, 1.54) is 0 Å². The van der Waals surface area contributed by atoms with Gasteiger partial charge in [-0.15, -0.1) is 0 Å². The molecule has 0 unspecified atom stereocenters. The summed E-state index contributed by atoms with van der Waals surface area (Å²) in [5.74, 6) is 0.605. The highest BCUT2D eigenvalue weighted by Crippen LogP contribution is 2.46. The monoisotopic (exact) mass is 301 g/mol. The van der Waals surface area contributed by atoms with Crippen molar-refractivity contribution in [1.82, 2.24) is 0 Å². The summed E-state index contributed by atoms with van der Waals surface area (Å²) in [5, 5.41) is 3.47. The molecule has 0 aromatic heterocycles. The third-order valence-corrected chi connectivity index (χ3v) is 3.98. The first-order chi connectivity index (χ1) is 7.61. The number of benzene rings is 1. The number of fused-ring (bicyclic) bond motifs is 1. The zero-order valence-corrected chi connectivity index (χ0v) is 10.7. The van der Waals surface area contributed by atoms with Crippen LogP contribution in [-0.2, 0) is 4.79 Å². The molecule has 1 amide bonds. The molecule has 3 nitrogen and oxygen atoms in total. The molecule has 84 valence electrons. The predicted molar refractivity (Wildman–Crippen MR) is 65.0 cm³/mol. The maximum Gasteiger partial charge on any atom is 0.268 e. The smallest absolute Gasteiger partial charge is 0.268 e. The molecule has 1 saturated carbocycles. The zero-order valence-electron chi connectivity index (χ0n) is 8.35. The Hall–Kier alpha value is -0.740. The van der Waals surface area contributed by atoms with Crippen LogP contribution >= 0.6 is 27.5 Å². The Labute approximate surface area is 106 Å². The largest absolute Gasteiger partial charge is 0.475 e. The van der Waals surface area contributed by atoms with E-state index in [2.05, 4.69) is 21.2 Å². The number of halogens is 2. The van der Waals surface area contributed by atoms with E-state index in [-0.39, 0.29) is 5.91 Å². The number of anilines is 1. The van der Waals surface area contributed by atoms with Crippen molar-refractivity contribution in [2.75, 3.05) is 5.32 Å². The second-order valence-corrected chi connectivity index (χ2v) is 5.46. The lowest BCUT2D eigenvalue weighted by Gasteiger charge is -2.43. The highest BCUT2D eigenvalue weighted by molar-refractivity contribution is 9.10. The average Bonchev–Trinajstić information content (AvgIpc) is 2.16. The number of amides is 1. The second-order valence-electron chi connectivity index (χ2n) is 4.16. The maximum absolute atomic E-state index is 11.9. The van der Waals surface area contributed by atoms with Crippen molar-refractivity contribution in [1.29, 1.82) is 0 Å². The molecule has 1 spiro atoms. The number of nitrogens with one attached hydrogen (secondary N) is 1. The molecule has 0 saturated heterocycles. The van der Waals surface area contributed by atoms with E-state index >= 15 is 0 Å². The first-order valence-electron chi connectivity index (χ1n) is 5.10.